The summed E-state index contributed by atoms with van der Waals surface area (Å²) in [7, 11) is 0. The Kier molecular flexibility index (Phi) is 4.65. The molecule has 3 heteroatoms. The number of rotatable bonds is 7. The molecule has 0 spiro atoms. The molecule has 3 aliphatic carbocycles. The lowest BCUT2D eigenvalue weighted by atomic mass is 9.85. The maximum absolute atomic E-state index is 11.9. The van der Waals surface area contributed by atoms with E-state index in [1.54, 1.807) is 0 Å². The third kappa shape index (κ3) is 3.75. The molecule has 0 aliphatic heterocycles. The zero-order valence-corrected chi connectivity index (χ0v) is 12.8. The predicted octanol–water partition coefficient (Wildman–Crippen LogP) is 3.13. The Morgan fingerprint density at radius 3 is 2.45 bits per heavy atom. The minimum atomic E-state index is 0.0277. The van der Waals surface area contributed by atoms with E-state index in [1.165, 1.54) is 45.1 Å². The first-order valence-electron chi connectivity index (χ1n) is 8.68. The second-order valence-electron chi connectivity index (χ2n) is 7.06. The first kappa shape index (κ1) is 14.4. The Balaban J connectivity index is 1.43. The van der Waals surface area contributed by atoms with Crippen LogP contribution in [0.1, 0.15) is 58.3 Å². The third-order valence-corrected chi connectivity index (χ3v) is 5.39. The Morgan fingerprint density at radius 2 is 1.85 bits per heavy atom. The van der Waals surface area contributed by atoms with E-state index in [0.29, 0.717) is 12.6 Å². The van der Waals surface area contributed by atoms with Gasteiger partial charge >= 0.3 is 5.97 Å². The van der Waals surface area contributed by atoms with Crippen molar-refractivity contribution < 1.29 is 9.53 Å². The molecule has 0 heterocycles. The maximum Gasteiger partial charge on any atom is 0.308 e. The molecule has 1 N–H and O–H groups in total. The van der Waals surface area contributed by atoms with E-state index < -0.39 is 0 Å². The monoisotopic (exact) mass is 279 g/mol. The van der Waals surface area contributed by atoms with Crippen molar-refractivity contribution in [2.45, 2.75) is 64.3 Å². The zero-order valence-electron chi connectivity index (χ0n) is 12.8. The number of esters is 1. The molecule has 3 nitrogen and oxygen atoms in total. The molecule has 3 fully saturated rings. The van der Waals surface area contributed by atoms with Crippen LogP contribution in [-0.4, -0.2) is 25.2 Å². The average molecular weight is 279 g/mol. The highest BCUT2D eigenvalue weighted by Crippen LogP contribution is 2.48. The van der Waals surface area contributed by atoms with E-state index in [-0.39, 0.29) is 11.9 Å². The number of carbonyl (C=O) groups is 1. The van der Waals surface area contributed by atoms with E-state index in [9.17, 15) is 4.79 Å². The maximum atomic E-state index is 11.9. The van der Waals surface area contributed by atoms with Crippen molar-refractivity contribution in [3.63, 3.8) is 0 Å². The molecule has 2 unspecified atom stereocenters. The van der Waals surface area contributed by atoms with Crippen molar-refractivity contribution in [3.8, 4) is 0 Å². The summed E-state index contributed by atoms with van der Waals surface area (Å²) < 4.78 is 5.19. The summed E-state index contributed by atoms with van der Waals surface area (Å²) >= 11 is 0. The van der Waals surface area contributed by atoms with E-state index >= 15 is 0 Å². The Morgan fingerprint density at radius 1 is 1.15 bits per heavy atom. The number of carbonyl (C=O) groups excluding carboxylic acids is 1. The fraction of sp³-hybridized carbons (Fsp3) is 0.941. The van der Waals surface area contributed by atoms with Crippen molar-refractivity contribution in [1.29, 1.82) is 0 Å². The van der Waals surface area contributed by atoms with Gasteiger partial charge in [-0.1, -0.05) is 6.42 Å². The van der Waals surface area contributed by atoms with Crippen LogP contribution < -0.4 is 5.32 Å². The van der Waals surface area contributed by atoms with Gasteiger partial charge in [-0.25, -0.2) is 0 Å². The highest BCUT2D eigenvalue weighted by atomic mass is 16.5. The van der Waals surface area contributed by atoms with Crippen LogP contribution in [0.25, 0.3) is 0 Å². The Labute approximate surface area is 122 Å². The molecule has 0 amide bonds. The van der Waals surface area contributed by atoms with Crippen LogP contribution in [0.4, 0.5) is 0 Å². The Hall–Kier alpha value is -0.570. The smallest absolute Gasteiger partial charge is 0.308 e. The van der Waals surface area contributed by atoms with Gasteiger partial charge < -0.3 is 10.1 Å². The molecule has 114 valence electrons. The zero-order chi connectivity index (χ0) is 13.9. The SMILES string of the molecule is CCOC(=O)C1CCCC(NCC(C2CC2)C2CC2)C1. The molecule has 2 atom stereocenters. The standard InChI is InChI=1S/C17H29NO2/c1-2-20-17(19)14-4-3-5-15(10-14)18-11-16(12-6-7-12)13-8-9-13/h12-16,18H,2-11H2,1H3. The van der Waals surface area contributed by atoms with E-state index in [4.69, 9.17) is 4.74 Å². The number of ether oxygens (including phenoxy) is 1. The minimum Gasteiger partial charge on any atom is -0.466 e. The summed E-state index contributed by atoms with van der Waals surface area (Å²) in [5, 5.41) is 3.78. The predicted molar refractivity (Wildman–Crippen MR) is 79.3 cm³/mol. The first-order chi connectivity index (χ1) is 9.78. The van der Waals surface area contributed by atoms with Gasteiger partial charge in [0, 0.05) is 6.04 Å². The molecular formula is C17H29NO2. The minimum absolute atomic E-state index is 0.0277. The Bertz CT molecular complexity index is 324. The highest BCUT2D eigenvalue weighted by molar-refractivity contribution is 5.72. The largest absolute Gasteiger partial charge is 0.466 e. The van der Waals surface area contributed by atoms with Crippen LogP contribution >= 0.6 is 0 Å². The van der Waals surface area contributed by atoms with Gasteiger partial charge in [0.2, 0.25) is 0 Å². The molecule has 20 heavy (non-hydrogen) atoms. The van der Waals surface area contributed by atoms with Crippen LogP contribution in [0.15, 0.2) is 0 Å². The number of hydrogen-bond donors (Lipinski definition) is 1. The fourth-order valence-electron chi connectivity index (χ4n) is 3.92. The second-order valence-corrected chi connectivity index (χ2v) is 7.06. The van der Waals surface area contributed by atoms with Gasteiger partial charge in [-0.15, -0.1) is 0 Å². The molecule has 0 saturated heterocycles. The molecule has 0 aromatic carbocycles. The average Bonchev–Trinajstić information content (AvgIpc) is 3.33. The summed E-state index contributed by atoms with van der Waals surface area (Å²) in [6.45, 7) is 3.60. The van der Waals surface area contributed by atoms with Crippen LogP contribution in [-0.2, 0) is 9.53 Å². The molecular weight excluding hydrogens is 250 g/mol. The molecule has 3 aliphatic rings. The van der Waals surface area contributed by atoms with Crippen LogP contribution in [0.3, 0.4) is 0 Å². The van der Waals surface area contributed by atoms with Crippen molar-refractivity contribution in [2.75, 3.05) is 13.2 Å². The first-order valence-corrected chi connectivity index (χ1v) is 8.68. The lowest BCUT2D eigenvalue weighted by molar-refractivity contribution is -0.149. The van der Waals surface area contributed by atoms with Crippen molar-refractivity contribution in [3.05, 3.63) is 0 Å². The summed E-state index contributed by atoms with van der Waals surface area (Å²) in [5.74, 6) is 3.12. The molecule has 0 bridgehead atoms. The topological polar surface area (TPSA) is 38.3 Å². The van der Waals surface area contributed by atoms with E-state index in [2.05, 4.69) is 5.32 Å². The van der Waals surface area contributed by atoms with Crippen LogP contribution in [0.5, 0.6) is 0 Å². The van der Waals surface area contributed by atoms with Gasteiger partial charge in [0.15, 0.2) is 0 Å². The summed E-state index contributed by atoms with van der Waals surface area (Å²) in [5.41, 5.74) is 0. The third-order valence-electron chi connectivity index (χ3n) is 5.39. The van der Waals surface area contributed by atoms with Crippen LogP contribution in [0.2, 0.25) is 0 Å². The molecule has 3 saturated carbocycles. The summed E-state index contributed by atoms with van der Waals surface area (Å²) in [6.07, 6.45) is 10.2. The van der Waals surface area contributed by atoms with E-state index in [1.807, 2.05) is 6.92 Å². The molecule has 0 aromatic rings. The molecule has 3 rings (SSSR count). The summed E-state index contributed by atoms with van der Waals surface area (Å²) in [4.78, 5) is 11.9. The van der Waals surface area contributed by atoms with Crippen LogP contribution in [0, 0.1) is 23.7 Å². The fourth-order valence-corrected chi connectivity index (χ4v) is 3.92. The van der Waals surface area contributed by atoms with Gasteiger partial charge in [0.1, 0.15) is 0 Å². The van der Waals surface area contributed by atoms with E-state index in [0.717, 1.165) is 30.6 Å². The second kappa shape index (κ2) is 6.46. The number of nitrogens with one attached hydrogen (secondary N) is 1. The van der Waals surface area contributed by atoms with Gasteiger partial charge in [-0.3, -0.25) is 4.79 Å². The van der Waals surface area contributed by atoms with Gasteiger partial charge in [-0.2, -0.15) is 0 Å². The van der Waals surface area contributed by atoms with Crippen molar-refractivity contribution in [1.82, 2.24) is 5.32 Å². The highest BCUT2D eigenvalue weighted by Gasteiger charge is 2.41. The summed E-state index contributed by atoms with van der Waals surface area (Å²) in [6, 6.07) is 0.540. The lowest BCUT2D eigenvalue weighted by Crippen LogP contribution is -2.40. The number of hydrogen-bond acceptors (Lipinski definition) is 3. The molecule has 0 aromatic heterocycles. The van der Waals surface area contributed by atoms with Gasteiger partial charge in [-0.05, 0) is 76.2 Å². The van der Waals surface area contributed by atoms with Crippen molar-refractivity contribution >= 4 is 5.97 Å². The van der Waals surface area contributed by atoms with Crippen molar-refractivity contribution in [2.24, 2.45) is 23.7 Å². The van der Waals surface area contributed by atoms with Gasteiger partial charge in [0.25, 0.3) is 0 Å². The normalized spacial score (nSPS) is 30.5. The van der Waals surface area contributed by atoms with Gasteiger partial charge in [0.05, 0.1) is 12.5 Å². The lowest BCUT2D eigenvalue weighted by Gasteiger charge is -2.30. The molecule has 0 radical (unpaired) electrons. The quantitative estimate of drug-likeness (QED) is 0.728.